The first kappa shape index (κ1) is 19.1. The van der Waals surface area contributed by atoms with Gasteiger partial charge in [-0.25, -0.2) is 4.39 Å². The summed E-state index contributed by atoms with van der Waals surface area (Å²) < 4.78 is 15.9. The molecule has 0 aliphatic carbocycles. The molecular weight excluding hydrogens is 369 g/mol. The van der Waals surface area contributed by atoms with E-state index in [4.69, 9.17) is 0 Å². The van der Waals surface area contributed by atoms with Crippen LogP contribution in [0.3, 0.4) is 0 Å². The number of amides is 1. The molecule has 3 aromatic rings. The van der Waals surface area contributed by atoms with E-state index in [-0.39, 0.29) is 11.7 Å². The highest BCUT2D eigenvalue weighted by molar-refractivity contribution is 5.86. The third-order valence-corrected chi connectivity index (χ3v) is 5.40. The van der Waals surface area contributed by atoms with Gasteiger partial charge in [-0.3, -0.25) is 14.5 Å². The lowest BCUT2D eigenvalue weighted by Crippen LogP contribution is -2.64. The molecule has 0 bridgehead atoms. The monoisotopic (exact) mass is 393 g/mol. The summed E-state index contributed by atoms with van der Waals surface area (Å²) in [5.74, 6) is -0.353. The summed E-state index contributed by atoms with van der Waals surface area (Å²) in [4.78, 5) is 18.9. The zero-order valence-electron chi connectivity index (χ0n) is 16.4. The van der Waals surface area contributed by atoms with Crippen molar-refractivity contribution in [1.82, 2.24) is 20.1 Å². The van der Waals surface area contributed by atoms with Gasteiger partial charge in [0.15, 0.2) is 5.82 Å². The zero-order chi connectivity index (χ0) is 20.3. The molecule has 1 aliphatic heterocycles. The number of hydrogen-bond acceptors (Lipinski definition) is 4. The molecule has 1 N–H and O–H groups in total. The van der Waals surface area contributed by atoms with Crippen LogP contribution in [0.4, 0.5) is 10.1 Å². The van der Waals surface area contributed by atoms with E-state index in [0.717, 1.165) is 17.5 Å². The van der Waals surface area contributed by atoms with Crippen LogP contribution in [0.25, 0.3) is 0 Å². The molecule has 2 aromatic heterocycles. The van der Waals surface area contributed by atoms with Gasteiger partial charge in [-0.1, -0.05) is 30.3 Å². The van der Waals surface area contributed by atoms with E-state index in [1.807, 2.05) is 54.7 Å². The number of nitrogens with one attached hydrogen (secondary N) is 1. The van der Waals surface area contributed by atoms with Gasteiger partial charge in [-0.2, -0.15) is 5.10 Å². The summed E-state index contributed by atoms with van der Waals surface area (Å²) in [6, 6.07) is 11.6. The molecule has 1 saturated heterocycles. The number of anilines is 1. The van der Waals surface area contributed by atoms with Crippen molar-refractivity contribution in [3.8, 4) is 0 Å². The summed E-state index contributed by atoms with van der Waals surface area (Å²) in [6.45, 7) is 1.49. The number of hydrogen-bond donors (Lipinski definition) is 1. The van der Waals surface area contributed by atoms with Crippen LogP contribution in [-0.2, 0) is 24.7 Å². The second kappa shape index (κ2) is 8.03. The van der Waals surface area contributed by atoms with E-state index >= 15 is 0 Å². The lowest BCUT2D eigenvalue weighted by Gasteiger charge is -2.50. The lowest BCUT2D eigenvalue weighted by atomic mass is 9.73. The molecule has 0 atom stereocenters. The predicted octanol–water partition coefficient (Wildman–Crippen LogP) is 2.36. The van der Waals surface area contributed by atoms with E-state index in [2.05, 4.69) is 15.4 Å². The minimum Gasteiger partial charge on any atom is -0.367 e. The molecule has 4 rings (SSSR count). The van der Waals surface area contributed by atoms with E-state index in [1.54, 1.807) is 16.9 Å². The second-order valence-electron chi connectivity index (χ2n) is 7.65. The standard InChI is InChI=1S/C22H24FN5O/c1-27-14-18(12-26-27)7-10-25-21(29)22(11-17-5-3-2-4-6-17)15-28(16-22)20-8-9-24-13-19(20)23/h2-6,8-9,12-14H,7,10-11,15-16H2,1H3,(H,25,29). The van der Waals surface area contributed by atoms with E-state index in [9.17, 15) is 9.18 Å². The number of rotatable bonds is 7. The molecule has 6 nitrogen and oxygen atoms in total. The molecule has 1 aliphatic rings. The molecule has 1 aromatic carbocycles. The minimum absolute atomic E-state index is 0.0101. The Hall–Kier alpha value is -3.22. The number of nitrogens with zero attached hydrogens (tertiary/aromatic N) is 4. The van der Waals surface area contributed by atoms with Crippen molar-refractivity contribution in [2.45, 2.75) is 12.8 Å². The average Bonchev–Trinajstić information content (AvgIpc) is 3.11. The Balaban J connectivity index is 1.45. The van der Waals surface area contributed by atoms with Crippen molar-refractivity contribution in [3.05, 3.63) is 78.1 Å². The van der Waals surface area contributed by atoms with E-state index in [0.29, 0.717) is 31.7 Å². The SMILES string of the molecule is Cn1cc(CCNC(=O)C2(Cc3ccccc3)CN(c3ccncc3F)C2)cn1. The molecule has 3 heterocycles. The van der Waals surface area contributed by atoms with E-state index < -0.39 is 5.41 Å². The number of benzene rings is 1. The molecule has 0 saturated carbocycles. The van der Waals surface area contributed by atoms with Crippen LogP contribution < -0.4 is 10.2 Å². The van der Waals surface area contributed by atoms with Gasteiger partial charge in [-0.15, -0.1) is 0 Å². The van der Waals surface area contributed by atoms with Crippen LogP contribution in [0.15, 0.2) is 61.2 Å². The number of carbonyl (C=O) groups is 1. The average molecular weight is 393 g/mol. The van der Waals surface area contributed by atoms with Crippen LogP contribution in [0.5, 0.6) is 0 Å². The van der Waals surface area contributed by atoms with Gasteiger partial charge in [0.1, 0.15) is 0 Å². The Labute approximate surface area is 169 Å². The Morgan fingerprint density at radius 3 is 2.66 bits per heavy atom. The maximum atomic E-state index is 14.1. The molecule has 0 unspecified atom stereocenters. The van der Waals surface area contributed by atoms with Gasteiger partial charge in [-0.05, 0) is 30.0 Å². The zero-order valence-corrected chi connectivity index (χ0v) is 16.4. The Morgan fingerprint density at radius 2 is 1.97 bits per heavy atom. The Morgan fingerprint density at radius 1 is 1.17 bits per heavy atom. The number of halogens is 1. The number of aromatic nitrogens is 3. The fraction of sp³-hybridized carbons (Fsp3) is 0.318. The second-order valence-corrected chi connectivity index (χ2v) is 7.65. The van der Waals surface area contributed by atoms with Crippen LogP contribution in [0.1, 0.15) is 11.1 Å². The van der Waals surface area contributed by atoms with Crippen molar-refractivity contribution >= 4 is 11.6 Å². The minimum atomic E-state index is -0.577. The number of pyridine rings is 1. The Bertz CT molecular complexity index is 982. The molecule has 0 spiro atoms. The molecule has 7 heteroatoms. The molecule has 1 fully saturated rings. The van der Waals surface area contributed by atoms with Gasteiger partial charge in [0, 0.05) is 39.1 Å². The summed E-state index contributed by atoms with van der Waals surface area (Å²) in [5.41, 5.74) is 2.10. The molecule has 150 valence electrons. The lowest BCUT2D eigenvalue weighted by molar-refractivity contribution is -0.132. The summed E-state index contributed by atoms with van der Waals surface area (Å²) in [5, 5.41) is 7.24. The maximum absolute atomic E-state index is 14.1. The van der Waals surface area contributed by atoms with Crippen molar-refractivity contribution in [3.63, 3.8) is 0 Å². The first-order valence-corrected chi connectivity index (χ1v) is 9.70. The summed E-state index contributed by atoms with van der Waals surface area (Å²) in [6.07, 6.45) is 7.88. The van der Waals surface area contributed by atoms with Crippen LogP contribution in [-0.4, -0.2) is 40.3 Å². The van der Waals surface area contributed by atoms with Crippen LogP contribution in [0.2, 0.25) is 0 Å². The van der Waals surface area contributed by atoms with Crippen molar-refractivity contribution < 1.29 is 9.18 Å². The normalized spacial score (nSPS) is 15.0. The highest BCUT2D eigenvalue weighted by atomic mass is 19.1. The molecule has 1 amide bonds. The third kappa shape index (κ3) is 4.13. The molecule has 0 radical (unpaired) electrons. The fourth-order valence-electron chi connectivity index (χ4n) is 3.91. The highest BCUT2D eigenvalue weighted by Crippen LogP contribution is 2.38. The summed E-state index contributed by atoms with van der Waals surface area (Å²) in [7, 11) is 1.87. The first-order valence-electron chi connectivity index (χ1n) is 9.70. The fourth-order valence-corrected chi connectivity index (χ4v) is 3.91. The van der Waals surface area contributed by atoms with Crippen LogP contribution in [0, 0.1) is 11.2 Å². The van der Waals surface area contributed by atoms with Crippen molar-refractivity contribution in [1.29, 1.82) is 0 Å². The largest absolute Gasteiger partial charge is 0.367 e. The topological polar surface area (TPSA) is 63.1 Å². The third-order valence-electron chi connectivity index (χ3n) is 5.40. The Kier molecular flexibility index (Phi) is 5.29. The van der Waals surface area contributed by atoms with Crippen molar-refractivity contribution in [2.75, 3.05) is 24.5 Å². The number of carbonyl (C=O) groups excluding carboxylic acids is 1. The molecule has 29 heavy (non-hydrogen) atoms. The highest BCUT2D eigenvalue weighted by Gasteiger charge is 2.49. The van der Waals surface area contributed by atoms with E-state index in [1.165, 1.54) is 6.20 Å². The predicted molar refractivity (Wildman–Crippen MR) is 109 cm³/mol. The number of aryl methyl sites for hydroxylation is 1. The van der Waals surface area contributed by atoms with Gasteiger partial charge >= 0.3 is 0 Å². The van der Waals surface area contributed by atoms with Gasteiger partial charge in [0.2, 0.25) is 5.91 Å². The summed E-state index contributed by atoms with van der Waals surface area (Å²) >= 11 is 0. The van der Waals surface area contributed by atoms with Gasteiger partial charge < -0.3 is 10.2 Å². The van der Waals surface area contributed by atoms with Gasteiger partial charge in [0.25, 0.3) is 0 Å². The van der Waals surface area contributed by atoms with Crippen molar-refractivity contribution in [2.24, 2.45) is 12.5 Å². The quantitative estimate of drug-likeness (QED) is 0.669. The van der Waals surface area contributed by atoms with Crippen LogP contribution >= 0.6 is 0 Å². The molecular formula is C22H24FN5O. The smallest absolute Gasteiger partial charge is 0.230 e. The maximum Gasteiger partial charge on any atom is 0.230 e. The first-order chi connectivity index (χ1) is 14.1. The van der Waals surface area contributed by atoms with Gasteiger partial charge in [0.05, 0.1) is 23.5 Å².